The van der Waals surface area contributed by atoms with Crippen LogP contribution in [0.1, 0.15) is 35.3 Å². The van der Waals surface area contributed by atoms with Gasteiger partial charge in [0.15, 0.2) is 5.13 Å². The number of amides is 1. The Morgan fingerprint density at radius 1 is 1.00 bits per heavy atom. The van der Waals surface area contributed by atoms with Crippen molar-refractivity contribution in [3.05, 3.63) is 53.1 Å². The van der Waals surface area contributed by atoms with Crippen LogP contribution in [0.3, 0.4) is 0 Å². The summed E-state index contributed by atoms with van der Waals surface area (Å²) in [6.45, 7) is 11.2. The third-order valence-electron chi connectivity index (χ3n) is 6.77. The summed E-state index contributed by atoms with van der Waals surface area (Å²) in [4.78, 5) is 22.2. The first-order valence-electron chi connectivity index (χ1n) is 12.3. The van der Waals surface area contributed by atoms with Gasteiger partial charge in [-0.3, -0.25) is 4.79 Å². The lowest BCUT2D eigenvalue weighted by Gasteiger charge is -2.35. The first-order valence-corrected chi connectivity index (χ1v) is 14.5. The molecule has 5 rings (SSSR count). The van der Waals surface area contributed by atoms with Crippen LogP contribution in [-0.2, 0) is 14.8 Å². The molecule has 2 aliphatic rings. The number of carbonyl (C=O) groups is 1. The summed E-state index contributed by atoms with van der Waals surface area (Å²) in [6.07, 6.45) is -0.308. The molecule has 2 unspecified atom stereocenters. The molecule has 0 aliphatic carbocycles. The molecule has 1 aromatic heterocycles. The minimum Gasteiger partial charge on any atom is -0.373 e. The van der Waals surface area contributed by atoms with E-state index in [4.69, 9.17) is 9.72 Å². The second kappa shape index (κ2) is 9.74. The molecule has 2 aliphatic heterocycles. The van der Waals surface area contributed by atoms with Crippen molar-refractivity contribution in [2.45, 2.75) is 44.8 Å². The Morgan fingerprint density at radius 3 is 2.28 bits per heavy atom. The van der Waals surface area contributed by atoms with Crippen LogP contribution in [0.2, 0.25) is 0 Å². The lowest BCUT2D eigenvalue weighted by Crippen LogP contribution is -2.48. The average Bonchev–Trinajstić information content (AvgIpc) is 3.28. The third-order valence-corrected chi connectivity index (χ3v) is 9.88. The van der Waals surface area contributed by atoms with E-state index in [1.807, 2.05) is 18.7 Å². The number of piperazine rings is 1. The SMILES string of the molecule is Cc1cc(C)c2sc(N3CCN(C(=O)c4ccc(S(=O)(=O)N5CC(C)OC(C)C5)cc4)CC3)nc2c1. The first-order chi connectivity index (χ1) is 17.1. The van der Waals surface area contributed by atoms with E-state index < -0.39 is 10.0 Å². The van der Waals surface area contributed by atoms with Gasteiger partial charge in [0.1, 0.15) is 0 Å². The normalized spacial score (nSPS) is 21.8. The van der Waals surface area contributed by atoms with Gasteiger partial charge in [0.2, 0.25) is 10.0 Å². The van der Waals surface area contributed by atoms with Crippen LogP contribution >= 0.6 is 11.3 Å². The van der Waals surface area contributed by atoms with Crippen LogP contribution in [0.25, 0.3) is 10.2 Å². The molecule has 8 nitrogen and oxygen atoms in total. The molecule has 0 spiro atoms. The molecule has 192 valence electrons. The fourth-order valence-corrected chi connectivity index (χ4v) is 7.69. The largest absolute Gasteiger partial charge is 0.373 e. The van der Waals surface area contributed by atoms with E-state index in [-0.39, 0.29) is 23.0 Å². The molecular formula is C26H32N4O4S2. The number of nitrogens with zero attached hydrogens (tertiary/aromatic N) is 4. The van der Waals surface area contributed by atoms with Crippen LogP contribution < -0.4 is 4.90 Å². The number of sulfonamides is 1. The Labute approximate surface area is 216 Å². The summed E-state index contributed by atoms with van der Waals surface area (Å²) in [7, 11) is -3.63. The van der Waals surface area contributed by atoms with Gasteiger partial charge in [0.25, 0.3) is 5.91 Å². The van der Waals surface area contributed by atoms with Gasteiger partial charge in [-0.25, -0.2) is 13.4 Å². The van der Waals surface area contributed by atoms with E-state index in [0.717, 1.165) is 10.6 Å². The Hall–Kier alpha value is -2.53. The van der Waals surface area contributed by atoms with Gasteiger partial charge >= 0.3 is 0 Å². The van der Waals surface area contributed by atoms with Crippen molar-refractivity contribution in [3.63, 3.8) is 0 Å². The van der Waals surface area contributed by atoms with Gasteiger partial charge in [0.05, 0.1) is 27.3 Å². The maximum absolute atomic E-state index is 13.1. The highest BCUT2D eigenvalue weighted by Gasteiger charge is 2.32. The number of aromatic nitrogens is 1. The summed E-state index contributed by atoms with van der Waals surface area (Å²) < 4.78 is 34.5. The van der Waals surface area contributed by atoms with Crippen molar-refractivity contribution >= 4 is 42.6 Å². The number of ether oxygens (including phenoxy) is 1. The van der Waals surface area contributed by atoms with Crippen molar-refractivity contribution in [2.75, 3.05) is 44.2 Å². The highest BCUT2D eigenvalue weighted by atomic mass is 32.2. The third kappa shape index (κ3) is 4.87. The highest BCUT2D eigenvalue weighted by Crippen LogP contribution is 2.32. The minimum atomic E-state index is -3.63. The summed E-state index contributed by atoms with van der Waals surface area (Å²) in [5, 5.41) is 0.993. The molecule has 10 heteroatoms. The van der Waals surface area contributed by atoms with E-state index in [9.17, 15) is 13.2 Å². The van der Waals surface area contributed by atoms with Crippen LogP contribution in [-0.4, -0.2) is 80.0 Å². The zero-order chi connectivity index (χ0) is 25.6. The quantitative estimate of drug-likeness (QED) is 0.514. The predicted octanol–water partition coefficient (Wildman–Crippen LogP) is 3.67. The van der Waals surface area contributed by atoms with Crippen LogP contribution in [0.15, 0.2) is 41.3 Å². The summed E-state index contributed by atoms with van der Waals surface area (Å²) in [5.41, 5.74) is 3.98. The molecule has 2 atom stereocenters. The standard InChI is InChI=1S/C26H32N4O4S2/c1-17-13-18(2)24-23(14-17)27-26(35-24)29-11-9-28(10-12-29)25(31)21-5-7-22(8-6-21)36(32,33)30-15-19(3)34-20(4)16-30/h5-8,13-14,19-20H,9-12,15-16H2,1-4H3. The number of hydrogen-bond acceptors (Lipinski definition) is 7. The number of morpholine rings is 1. The fourth-order valence-electron chi connectivity index (χ4n) is 5.03. The fraction of sp³-hybridized carbons (Fsp3) is 0.462. The van der Waals surface area contributed by atoms with E-state index >= 15 is 0 Å². The molecule has 0 radical (unpaired) electrons. The molecule has 2 fully saturated rings. The van der Waals surface area contributed by atoms with Gasteiger partial charge in [-0.15, -0.1) is 0 Å². The number of rotatable bonds is 4. The zero-order valence-corrected chi connectivity index (χ0v) is 22.7. The van der Waals surface area contributed by atoms with E-state index in [1.165, 1.54) is 32.3 Å². The smallest absolute Gasteiger partial charge is 0.253 e. The van der Waals surface area contributed by atoms with Crippen molar-refractivity contribution in [1.29, 1.82) is 0 Å². The zero-order valence-electron chi connectivity index (χ0n) is 21.1. The van der Waals surface area contributed by atoms with Gasteiger partial charge in [-0.2, -0.15) is 4.31 Å². The summed E-state index contributed by atoms with van der Waals surface area (Å²) in [5.74, 6) is -0.0806. The predicted molar refractivity (Wildman–Crippen MR) is 142 cm³/mol. The molecule has 2 saturated heterocycles. The van der Waals surface area contributed by atoms with Crippen LogP contribution in [0, 0.1) is 13.8 Å². The van der Waals surface area contributed by atoms with Gasteiger partial charge in [0, 0.05) is 44.8 Å². The Morgan fingerprint density at radius 2 is 1.64 bits per heavy atom. The molecular weight excluding hydrogens is 496 g/mol. The lowest BCUT2D eigenvalue weighted by molar-refractivity contribution is -0.0440. The number of thiazole rings is 1. The van der Waals surface area contributed by atoms with Crippen molar-refractivity contribution < 1.29 is 17.9 Å². The number of carbonyl (C=O) groups excluding carboxylic acids is 1. The number of benzene rings is 2. The lowest BCUT2D eigenvalue weighted by atomic mass is 10.1. The molecule has 36 heavy (non-hydrogen) atoms. The molecule has 0 N–H and O–H groups in total. The molecule has 0 saturated carbocycles. The highest BCUT2D eigenvalue weighted by molar-refractivity contribution is 7.89. The van der Waals surface area contributed by atoms with Gasteiger partial charge < -0.3 is 14.5 Å². The van der Waals surface area contributed by atoms with E-state index in [1.54, 1.807) is 23.5 Å². The molecule has 0 bridgehead atoms. The minimum absolute atomic E-state index is 0.0806. The maximum atomic E-state index is 13.1. The monoisotopic (exact) mass is 528 g/mol. The molecule has 3 heterocycles. The number of fused-ring (bicyclic) bond motifs is 1. The number of aryl methyl sites for hydroxylation is 2. The van der Waals surface area contributed by atoms with Gasteiger partial charge in [-0.1, -0.05) is 17.4 Å². The topological polar surface area (TPSA) is 83.1 Å². The summed E-state index contributed by atoms with van der Waals surface area (Å²) >= 11 is 1.70. The van der Waals surface area contributed by atoms with Crippen LogP contribution in [0.4, 0.5) is 5.13 Å². The molecule has 2 aromatic carbocycles. The number of anilines is 1. The van der Waals surface area contributed by atoms with Crippen molar-refractivity contribution in [2.24, 2.45) is 0 Å². The second-order valence-corrected chi connectivity index (χ2v) is 12.7. The van der Waals surface area contributed by atoms with Crippen LogP contribution in [0.5, 0.6) is 0 Å². The maximum Gasteiger partial charge on any atom is 0.253 e. The Kier molecular flexibility index (Phi) is 6.80. The molecule has 3 aromatic rings. The van der Waals surface area contributed by atoms with Crippen molar-refractivity contribution in [3.8, 4) is 0 Å². The van der Waals surface area contributed by atoms with E-state index in [0.29, 0.717) is 44.8 Å². The Balaban J connectivity index is 1.24. The second-order valence-electron chi connectivity index (χ2n) is 9.81. The number of hydrogen-bond donors (Lipinski definition) is 0. The first kappa shape index (κ1) is 25.1. The average molecular weight is 529 g/mol. The van der Waals surface area contributed by atoms with Crippen molar-refractivity contribution in [1.82, 2.24) is 14.2 Å². The molecule has 1 amide bonds. The Bertz CT molecular complexity index is 1370. The summed E-state index contributed by atoms with van der Waals surface area (Å²) in [6, 6.07) is 10.6. The van der Waals surface area contributed by atoms with Gasteiger partial charge in [-0.05, 0) is 69.2 Å². The van der Waals surface area contributed by atoms with E-state index in [2.05, 4.69) is 30.9 Å².